The first-order valence-electron chi connectivity index (χ1n) is 7.96. The standard InChI is InChI=1S/C17H22O10/c1-24-9-5-8(3-4-12(19)20)6-10(25-2)16(9)27-17-15(23)14(22)13(21)11(7-18)26-17/h3-6,11,13-15,17-18,21-23H,7H2,1-2H3,(H,19,20)/t11-,13-,14+,15-,17+/m1/s1. The van der Waals surface area contributed by atoms with Crippen molar-refractivity contribution in [1.82, 2.24) is 0 Å². The minimum Gasteiger partial charge on any atom is -0.493 e. The molecule has 1 aliphatic heterocycles. The minimum absolute atomic E-state index is 0.0248. The van der Waals surface area contributed by atoms with Crippen molar-refractivity contribution in [2.45, 2.75) is 30.7 Å². The van der Waals surface area contributed by atoms with Crippen molar-refractivity contribution < 1.29 is 49.3 Å². The number of ether oxygens (including phenoxy) is 4. The van der Waals surface area contributed by atoms with E-state index >= 15 is 0 Å². The monoisotopic (exact) mass is 386 g/mol. The van der Waals surface area contributed by atoms with Gasteiger partial charge in [0.25, 0.3) is 0 Å². The quantitative estimate of drug-likeness (QED) is 0.368. The number of carboxylic acid groups (broad SMARTS) is 1. The minimum atomic E-state index is -1.61. The van der Waals surface area contributed by atoms with E-state index in [0.717, 1.165) is 6.08 Å². The molecule has 27 heavy (non-hydrogen) atoms. The molecule has 150 valence electrons. The molecule has 0 spiro atoms. The van der Waals surface area contributed by atoms with Gasteiger partial charge >= 0.3 is 5.97 Å². The predicted molar refractivity (Wildman–Crippen MR) is 90.6 cm³/mol. The molecule has 0 aromatic heterocycles. The highest BCUT2D eigenvalue weighted by Gasteiger charge is 2.45. The van der Waals surface area contributed by atoms with Crippen LogP contribution in [0.5, 0.6) is 17.2 Å². The van der Waals surface area contributed by atoms with Gasteiger partial charge in [0.1, 0.15) is 24.4 Å². The molecule has 0 bridgehead atoms. The maximum absolute atomic E-state index is 10.7. The van der Waals surface area contributed by atoms with E-state index < -0.39 is 43.3 Å². The summed E-state index contributed by atoms with van der Waals surface area (Å²) in [7, 11) is 2.69. The van der Waals surface area contributed by atoms with Gasteiger partial charge in [-0.05, 0) is 23.8 Å². The zero-order valence-electron chi connectivity index (χ0n) is 14.7. The molecule has 1 aromatic rings. The molecule has 0 aliphatic carbocycles. The Bertz CT molecular complexity index is 661. The summed E-state index contributed by atoms with van der Waals surface area (Å²) in [5, 5.41) is 47.8. The molecule has 1 aromatic carbocycles. The first kappa shape index (κ1) is 20.9. The van der Waals surface area contributed by atoms with E-state index in [4.69, 9.17) is 24.1 Å². The van der Waals surface area contributed by atoms with Crippen LogP contribution < -0.4 is 14.2 Å². The molecular formula is C17H22O10. The lowest BCUT2D eigenvalue weighted by atomic mass is 9.99. The van der Waals surface area contributed by atoms with Gasteiger partial charge in [0.2, 0.25) is 12.0 Å². The number of aliphatic carboxylic acids is 1. The lowest BCUT2D eigenvalue weighted by molar-refractivity contribution is -0.277. The van der Waals surface area contributed by atoms with E-state index in [2.05, 4.69) is 0 Å². The van der Waals surface area contributed by atoms with Gasteiger partial charge in [-0.15, -0.1) is 0 Å². The normalized spacial score (nSPS) is 28.1. The van der Waals surface area contributed by atoms with Crippen LogP contribution in [0, 0.1) is 0 Å². The van der Waals surface area contributed by atoms with Crippen molar-refractivity contribution in [1.29, 1.82) is 0 Å². The number of hydrogen-bond donors (Lipinski definition) is 5. The fourth-order valence-corrected chi connectivity index (χ4v) is 2.56. The van der Waals surface area contributed by atoms with Crippen molar-refractivity contribution in [2.24, 2.45) is 0 Å². The lowest BCUT2D eigenvalue weighted by Crippen LogP contribution is -2.60. The van der Waals surface area contributed by atoms with Crippen molar-refractivity contribution in [3.05, 3.63) is 23.8 Å². The van der Waals surface area contributed by atoms with Gasteiger partial charge in [0.15, 0.2) is 11.5 Å². The molecule has 0 unspecified atom stereocenters. The van der Waals surface area contributed by atoms with Crippen LogP contribution in [0.15, 0.2) is 18.2 Å². The number of rotatable bonds is 7. The maximum Gasteiger partial charge on any atom is 0.328 e. The number of carbonyl (C=O) groups is 1. The fraction of sp³-hybridized carbons (Fsp3) is 0.471. The zero-order valence-corrected chi connectivity index (χ0v) is 14.7. The summed E-state index contributed by atoms with van der Waals surface area (Å²) in [5.41, 5.74) is 0.451. The zero-order chi connectivity index (χ0) is 20.1. The van der Waals surface area contributed by atoms with E-state index in [1.807, 2.05) is 0 Å². The lowest BCUT2D eigenvalue weighted by Gasteiger charge is -2.39. The first-order valence-corrected chi connectivity index (χ1v) is 7.96. The van der Waals surface area contributed by atoms with Gasteiger partial charge in [-0.1, -0.05) is 0 Å². The highest BCUT2D eigenvalue weighted by Crippen LogP contribution is 2.40. The van der Waals surface area contributed by atoms with Crippen LogP contribution >= 0.6 is 0 Å². The Morgan fingerprint density at radius 3 is 2.19 bits per heavy atom. The van der Waals surface area contributed by atoms with Crippen molar-refractivity contribution in [3.63, 3.8) is 0 Å². The second-order valence-electron chi connectivity index (χ2n) is 5.74. The molecule has 10 heteroatoms. The highest BCUT2D eigenvalue weighted by molar-refractivity contribution is 5.85. The Morgan fingerprint density at radius 1 is 1.11 bits per heavy atom. The molecule has 5 N–H and O–H groups in total. The third kappa shape index (κ3) is 4.67. The van der Waals surface area contributed by atoms with E-state index in [9.17, 15) is 25.2 Å². The number of aliphatic hydroxyl groups excluding tert-OH is 4. The van der Waals surface area contributed by atoms with E-state index in [1.165, 1.54) is 32.4 Å². The summed E-state index contributed by atoms with van der Waals surface area (Å²) < 4.78 is 21.4. The Morgan fingerprint density at radius 2 is 1.70 bits per heavy atom. The fourth-order valence-electron chi connectivity index (χ4n) is 2.56. The van der Waals surface area contributed by atoms with Gasteiger partial charge in [-0.25, -0.2) is 4.79 Å². The van der Waals surface area contributed by atoms with Crippen LogP contribution in [0.1, 0.15) is 5.56 Å². The topological polar surface area (TPSA) is 155 Å². The molecule has 0 amide bonds. The van der Waals surface area contributed by atoms with Gasteiger partial charge in [0.05, 0.1) is 20.8 Å². The average Bonchev–Trinajstić information content (AvgIpc) is 2.66. The molecule has 1 aliphatic rings. The number of methoxy groups -OCH3 is 2. The molecule has 1 saturated heterocycles. The Hall–Kier alpha value is -2.37. The summed E-state index contributed by atoms with van der Waals surface area (Å²) >= 11 is 0. The van der Waals surface area contributed by atoms with Crippen molar-refractivity contribution >= 4 is 12.0 Å². The average molecular weight is 386 g/mol. The third-order valence-electron chi connectivity index (χ3n) is 3.98. The predicted octanol–water partition coefficient (Wildman–Crippen LogP) is -1.02. The summed E-state index contributed by atoms with van der Waals surface area (Å²) in [5.74, 6) is -0.806. The number of aliphatic hydroxyl groups is 4. The molecule has 1 heterocycles. The number of carboxylic acids is 1. The smallest absolute Gasteiger partial charge is 0.328 e. The summed E-state index contributed by atoms with van der Waals surface area (Å²) in [6.45, 7) is -0.599. The second kappa shape index (κ2) is 9.02. The summed E-state index contributed by atoms with van der Waals surface area (Å²) in [4.78, 5) is 10.7. The molecule has 0 saturated carbocycles. The molecular weight excluding hydrogens is 364 g/mol. The molecule has 2 rings (SSSR count). The second-order valence-corrected chi connectivity index (χ2v) is 5.74. The van der Waals surface area contributed by atoms with Crippen LogP contribution in [0.2, 0.25) is 0 Å². The SMILES string of the molecule is COc1cc(C=CC(=O)O)cc(OC)c1O[C@@H]1O[C@H](CO)[C@@H](O)[C@H](O)[C@H]1O. The van der Waals surface area contributed by atoms with Crippen LogP contribution in [0.4, 0.5) is 0 Å². The molecule has 10 nitrogen and oxygen atoms in total. The summed E-state index contributed by atoms with van der Waals surface area (Å²) in [6.07, 6.45) is -5.03. The van der Waals surface area contributed by atoms with E-state index in [-0.39, 0.29) is 17.2 Å². The third-order valence-corrected chi connectivity index (χ3v) is 3.98. The first-order chi connectivity index (χ1) is 12.8. The highest BCUT2D eigenvalue weighted by atomic mass is 16.7. The Labute approximate surface area is 154 Å². The van der Waals surface area contributed by atoms with Crippen LogP contribution in [-0.4, -0.2) is 83.0 Å². The Balaban J connectivity index is 2.35. The van der Waals surface area contributed by atoms with E-state index in [1.54, 1.807) is 0 Å². The maximum atomic E-state index is 10.7. The van der Waals surface area contributed by atoms with Crippen molar-refractivity contribution in [3.8, 4) is 17.2 Å². The molecule has 1 fully saturated rings. The largest absolute Gasteiger partial charge is 0.493 e. The van der Waals surface area contributed by atoms with Gasteiger partial charge in [0, 0.05) is 6.08 Å². The van der Waals surface area contributed by atoms with Crippen LogP contribution in [0.25, 0.3) is 6.08 Å². The van der Waals surface area contributed by atoms with E-state index in [0.29, 0.717) is 5.56 Å². The van der Waals surface area contributed by atoms with Crippen LogP contribution in [-0.2, 0) is 9.53 Å². The van der Waals surface area contributed by atoms with Gasteiger partial charge in [-0.2, -0.15) is 0 Å². The van der Waals surface area contributed by atoms with Crippen molar-refractivity contribution in [2.75, 3.05) is 20.8 Å². The van der Waals surface area contributed by atoms with Gasteiger partial charge in [-0.3, -0.25) is 0 Å². The molecule has 0 radical (unpaired) electrons. The van der Waals surface area contributed by atoms with Gasteiger partial charge < -0.3 is 44.5 Å². The Kier molecular flexibility index (Phi) is 6.99. The summed E-state index contributed by atoms with van der Waals surface area (Å²) in [6, 6.07) is 2.95. The van der Waals surface area contributed by atoms with Crippen LogP contribution in [0.3, 0.4) is 0 Å². The molecule has 5 atom stereocenters. The number of benzene rings is 1. The number of hydrogen-bond acceptors (Lipinski definition) is 9.